The molecule has 6 heteroatoms. The van der Waals surface area contributed by atoms with Crippen molar-refractivity contribution in [2.75, 3.05) is 6.54 Å². The molecule has 0 saturated heterocycles. The van der Waals surface area contributed by atoms with E-state index in [9.17, 15) is 4.39 Å². The van der Waals surface area contributed by atoms with Crippen LogP contribution in [-0.4, -0.2) is 16.2 Å². The first-order valence-electron chi connectivity index (χ1n) is 6.01. The van der Waals surface area contributed by atoms with Gasteiger partial charge in [-0.2, -0.15) is 4.99 Å². The summed E-state index contributed by atoms with van der Waals surface area (Å²) in [5.41, 5.74) is 0.623. The second kappa shape index (κ2) is 7.12. The van der Waals surface area contributed by atoms with Crippen molar-refractivity contribution in [1.29, 1.82) is 0 Å². The monoisotopic (exact) mass is 307 g/mol. The molecule has 0 bridgehead atoms. The zero-order valence-corrected chi connectivity index (χ0v) is 12.4. The van der Waals surface area contributed by atoms with Crippen molar-refractivity contribution >= 4 is 28.7 Å². The quantitative estimate of drug-likeness (QED) is 0.695. The van der Waals surface area contributed by atoms with E-state index in [4.69, 9.17) is 12.2 Å². The molecule has 1 aromatic carbocycles. The minimum absolute atomic E-state index is 0.218. The fourth-order valence-corrected chi connectivity index (χ4v) is 2.57. The highest BCUT2D eigenvalue weighted by atomic mass is 32.1. The molecular formula is C14H14FN3S2. The Hall–Kier alpha value is -1.79. The van der Waals surface area contributed by atoms with Crippen molar-refractivity contribution in [2.24, 2.45) is 4.99 Å². The number of aromatic nitrogens is 1. The first-order valence-corrected chi connectivity index (χ1v) is 7.30. The van der Waals surface area contributed by atoms with Crippen molar-refractivity contribution < 1.29 is 4.39 Å². The molecule has 0 aliphatic heterocycles. The van der Waals surface area contributed by atoms with Gasteiger partial charge in [-0.3, -0.25) is 0 Å². The lowest BCUT2D eigenvalue weighted by Crippen LogP contribution is -2.24. The normalized spacial score (nSPS) is 11.3. The molecule has 3 nitrogen and oxygen atoms in total. The van der Waals surface area contributed by atoms with E-state index in [1.54, 1.807) is 18.2 Å². The van der Waals surface area contributed by atoms with Crippen molar-refractivity contribution in [1.82, 2.24) is 9.88 Å². The summed E-state index contributed by atoms with van der Waals surface area (Å²) < 4.78 is 15.5. The van der Waals surface area contributed by atoms with Crippen molar-refractivity contribution in [2.45, 2.75) is 6.54 Å². The van der Waals surface area contributed by atoms with Gasteiger partial charge < -0.3 is 9.88 Å². The van der Waals surface area contributed by atoms with Gasteiger partial charge in [-0.05, 0) is 18.3 Å². The summed E-state index contributed by atoms with van der Waals surface area (Å²) in [7, 11) is 0. The highest BCUT2D eigenvalue weighted by Gasteiger charge is 2.03. The van der Waals surface area contributed by atoms with Gasteiger partial charge in [0, 0.05) is 23.7 Å². The third-order valence-corrected chi connectivity index (χ3v) is 3.58. The van der Waals surface area contributed by atoms with Crippen LogP contribution in [0.5, 0.6) is 0 Å². The SMILES string of the molecule is C=CCNC(=S)N=c1sccn1Cc1ccccc1F. The minimum atomic E-state index is -0.218. The molecule has 0 saturated carbocycles. The lowest BCUT2D eigenvalue weighted by atomic mass is 10.2. The first kappa shape index (κ1) is 14.6. The van der Waals surface area contributed by atoms with Crippen LogP contribution >= 0.6 is 23.6 Å². The summed E-state index contributed by atoms with van der Waals surface area (Å²) in [5.74, 6) is -0.218. The molecule has 0 unspecified atom stereocenters. The second-order valence-corrected chi connectivity index (χ2v) is 5.25. The van der Waals surface area contributed by atoms with Crippen LogP contribution in [0.15, 0.2) is 53.5 Å². The minimum Gasteiger partial charge on any atom is -0.357 e. The molecule has 2 aromatic rings. The van der Waals surface area contributed by atoms with E-state index in [1.165, 1.54) is 17.4 Å². The van der Waals surface area contributed by atoms with Crippen molar-refractivity contribution in [3.8, 4) is 0 Å². The Bertz CT molecular complexity index is 673. The number of hydrogen-bond acceptors (Lipinski definition) is 2. The Labute approximate surface area is 126 Å². The van der Waals surface area contributed by atoms with Gasteiger partial charge in [0.2, 0.25) is 0 Å². The average Bonchev–Trinajstić information content (AvgIpc) is 2.86. The number of benzene rings is 1. The maximum absolute atomic E-state index is 13.7. The molecule has 1 N–H and O–H groups in total. The fourth-order valence-electron chi connectivity index (χ4n) is 1.60. The van der Waals surface area contributed by atoms with Crippen LogP contribution < -0.4 is 10.1 Å². The standard InChI is InChI=1S/C14H14FN3S2/c1-2-7-16-13(19)17-14-18(8-9-20-14)10-11-5-3-4-6-12(11)15/h2-6,8-9H,1,7,10H2,(H,16,19). The lowest BCUT2D eigenvalue weighted by Gasteiger charge is -2.05. The molecule has 0 fully saturated rings. The van der Waals surface area contributed by atoms with Gasteiger partial charge in [0.05, 0.1) is 6.54 Å². The molecule has 0 spiro atoms. The molecule has 0 amide bonds. The third-order valence-electron chi connectivity index (χ3n) is 2.55. The Morgan fingerprint density at radius 1 is 1.50 bits per heavy atom. The Morgan fingerprint density at radius 3 is 3.05 bits per heavy atom. The van der Waals surface area contributed by atoms with Crippen LogP contribution in [0.1, 0.15) is 5.56 Å². The highest BCUT2D eigenvalue weighted by molar-refractivity contribution is 7.80. The number of thiocarbonyl (C=S) groups is 1. The molecule has 0 radical (unpaired) electrons. The van der Waals surface area contributed by atoms with Crippen LogP contribution in [0.2, 0.25) is 0 Å². The van der Waals surface area contributed by atoms with Gasteiger partial charge in [-0.1, -0.05) is 24.3 Å². The number of rotatable bonds is 4. The number of nitrogens with zero attached hydrogens (tertiary/aromatic N) is 2. The van der Waals surface area contributed by atoms with Crippen LogP contribution in [0, 0.1) is 5.82 Å². The van der Waals surface area contributed by atoms with E-state index in [1.807, 2.05) is 22.2 Å². The molecule has 1 heterocycles. The summed E-state index contributed by atoms with van der Waals surface area (Å²) >= 11 is 6.57. The molecule has 20 heavy (non-hydrogen) atoms. The smallest absolute Gasteiger partial charge is 0.195 e. The molecule has 0 aliphatic carbocycles. The van der Waals surface area contributed by atoms with E-state index in [2.05, 4.69) is 16.9 Å². The largest absolute Gasteiger partial charge is 0.357 e. The van der Waals surface area contributed by atoms with Crippen molar-refractivity contribution in [3.63, 3.8) is 0 Å². The number of nitrogens with one attached hydrogen (secondary N) is 1. The molecule has 104 valence electrons. The van der Waals surface area contributed by atoms with Gasteiger partial charge in [-0.15, -0.1) is 17.9 Å². The van der Waals surface area contributed by atoms with E-state index < -0.39 is 0 Å². The molecular weight excluding hydrogens is 293 g/mol. The zero-order chi connectivity index (χ0) is 14.4. The fraction of sp³-hybridized carbons (Fsp3) is 0.143. The Morgan fingerprint density at radius 2 is 2.30 bits per heavy atom. The maximum Gasteiger partial charge on any atom is 0.195 e. The topological polar surface area (TPSA) is 29.3 Å². The van der Waals surface area contributed by atoms with Crippen molar-refractivity contribution in [3.05, 3.63) is 64.7 Å². The van der Waals surface area contributed by atoms with Crippen LogP contribution in [0.3, 0.4) is 0 Å². The number of halogens is 1. The summed E-state index contributed by atoms with van der Waals surface area (Å²) in [6.07, 6.45) is 3.58. The van der Waals surface area contributed by atoms with Crippen LogP contribution in [0.25, 0.3) is 0 Å². The third kappa shape index (κ3) is 3.85. The molecule has 1 aromatic heterocycles. The van der Waals surface area contributed by atoms with E-state index >= 15 is 0 Å². The van der Waals surface area contributed by atoms with Gasteiger partial charge >= 0.3 is 0 Å². The maximum atomic E-state index is 13.7. The summed E-state index contributed by atoms with van der Waals surface area (Å²) in [5, 5.41) is 5.24. The summed E-state index contributed by atoms with van der Waals surface area (Å²) in [6.45, 7) is 4.60. The predicted molar refractivity (Wildman–Crippen MR) is 84.2 cm³/mol. The van der Waals surface area contributed by atoms with Gasteiger partial charge in [-0.25, -0.2) is 4.39 Å². The van der Waals surface area contributed by atoms with Gasteiger partial charge in [0.15, 0.2) is 9.91 Å². The van der Waals surface area contributed by atoms with E-state index in [-0.39, 0.29) is 5.82 Å². The Balaban J connectivity index is 2.21. The number of hydrogen-bond donors (Lipinski definition) is 1. The van der Waals surface area contributed by atoms with Crippen LogP contribution in [-0.2, 0) is 6.54 Å². The summed E-state index contributed by atoms with van der Waals surface area (Å²) in [4.78, 5) is 5.05. The first-order chi connectivity index (χ1) is 9.70. The second-order valence-electron chi connectivity index (χ2n) is 3.99. The average molecular weight is 307 g/mol. The van der Waals surface area contributed by atoms with E-state index in [0.29, 0.717) is 23.8 Å². The van der Waals surface area contributed by atoms with E-state index in [0.717, 1.165) is 4.80 Å². The molecule has 0 atom stereocenters. The molecule has 0 aliphatic rings. The van der Waals surface area contributed by atoms with Gasteiger partial charge in [0.25, 0.3) is 0 Å². The highest BCUT2D eigenvalue weighted by Crippen LogP contribution is 2.07. The predicted octanol–water partition coefficient (Wildman–Crippen LogP) is 2.70. The summed E-state index contributed by atoms with van der Waals surface area (Å²) in [6, 6.07) is 6.71. The molecule has 2 rings (SSSR count). The Kier molecular flexibility index (Phi) is 5.20. The number of thiazole rings is 1. The van der Waals surface area contributed by atoms with Crippen LogP contribution in [0.4, 0.5) is 4.39 Å². The lowest BCUT2D eigenvalue weighted by molar-refractivity contribution is 0.597. The van der Waals surface area contributed by atoms with Gasteiger partial charge in [0.1, 0.15) is 5.82 Å². The zero-order valence-electron chi connectivity index (χ0n) is 10.8.